The maximum Gasteiger partial charge on any atom is 0.279 e. The van der Waals surface area contributed by atoms with E-state index in [1.807, 2.05) is 98.3 Å². The molecule has 1 aromatic heterocycles. The average molecular weight is 469 g/mol. The van der Waals surface area contributed by atoms with Gasteiger partial charge in [0.25, 0.3) is 5.91 Å². The molecule has 5 rings (SSSR count). The fraction of sp³-hybridized carbons (Fsp3) is 0.214. The summed E-state index contributed by atoms with van der Waals surface area (Å²) in [6.45, 7) is 4.40. The number of aromatic nitrogens is 1. The molecule has 7 nitrogen and oxygen atoms in total. The number of aliphatic hydroxyl groups is 1. The number of carbonyl (C=O) groups is 1. The van der Waals surface area contributed by atoms with Gasteiger partial charge in [0, 0.05) is 24.8 Å². The lowest BCUT2D eigenvalue weighted by Crippen LogP contribution is -2.42. The van der Waals surface area contributed by atoms with Gasteiger partial charge in [0.1, 0.15) is 5.75 Å². The van der Waals surface area contributed by atoms with Crippen LogP contribution < -0.4 is 14.6 Å². The Hall–Kier alpha value is -4.10. The zero-order valence-electron chi connectivity index (χ0n) is 20.3. The maximum absolute atomic E-state index is 14.1. The van der Waals surface area contributed by atoms with Crippen LogP contribution in [0.2, 0.25) is 0 Å². The molecule has 1 atom stereocenters. The third-order valence-corrected chi connectivity index (χ3v) is 6.50. The summed E-state index contributed by atoms with van der Waals surface area (Å²) in [7, 11) is 3.49. The van der Waals surface area contributed by atoms with E-state index in [4.69, 9.17) is 9.84 Å². The standard InChI is InChI=1S/C28H28N4O3/c1-5-31(19-10-7-6-8-11-19)27(33)25-24-23-21(12-9-13-22(23)35-4)30(3)26(24)28(34)32(29-25)20-16-14-18(2)15-17-20/h6-17,28,34H,5H2,1-4H3. The Bertz CT molecular complexity index is 1420. The molecule has 4 aromatic rings. The van der Waals surface area contributed by atoms with E-state index in [0.717, 1.165) is 22.2 Å². The lowest BCUT2D eigenvalue weighted by molar-refractivity contribution is -0.112. The molecule has 2 heterocycles. The predicted molar refractivity (Wildman–Crippen MR) is 139 cm³/mol. The molecule has 3 aromatic carbocycles. The number of ether oxygens (including phenoxy) is 1. The Morgan fingerprint density at radius 3 is 2.43 bits per heavy atom. The van der Waals surface area contributed by atoms with Gasteiger partial charge in [-0.15, -0.1) is 0 Å². The van der Waals surface area contributed by atoms with Crippen LogP contribution in [0, 0.1) is 6.92 Å². The van der Waals surface area contributed by atoms with Crippen molar-refractivity contribution >= 4 is 33.9 Å². The van der Waals surface area contributed by atoms with Crippen LogP contribution in [-0.4, -0.2) is 34.9 Å². The number of hydrogen-bond donors (Lipinski definition) is 1. The Morgan fingerprint density at radius 2 is 1.77 bits per heavy atom. The normalized spacial score (nSPS) is 15.1. The third kappa shape index (κ3) is 3.65. The van der Waals surface area contributed by atoms with Crippen molar-refractivity contribution in [1.82, 2.24) is 4.57 Å². The Labute approximate surface area is 204 Å². The van der Waals surface area contributed by atoms with E-state index in [2.05, 4.69) is 0 Å². The molecule has 0 spiro atoms. The lowest BCUT2D eigenvalue weighted by Gasteiger charge is -2.32. The van der Waals surface area contributed by atoms with Crippen molar-refractivity contribution in [3.05, 3.63) is 89.6 Å². The molecular formula is C28H28N4O3. The second kappa shape index (κ2) is 8.92. The average Bonchev–Trinajstić information content (AvgIpc) is 3.19. The Balaban J connectivity index is 1.77. The lowest BCUT2D eigenvalue weighted by atomic mass is 10.0. The topological polar surface area (TPSA) is 70.3 Å². The monoisotopic (exact) mass is 468 g/mol. The summed E-state index contributed by atoms with van der Waals surface area (Å²) in [5.41, 5.74) is 4.86. The molecule has 35 heavy (non-hydrogen) atoms. The van der Waals surface area contributed by atoms with Crippen LogP contribution >= 0.6 is 0 Å². The van der Waals surface area contributed by atoms with Gasteiger partial charge in [0.2, 0.25) is 0 Å². The fourth-order valence-electron chi connectivity index (χ4n) is 4.74. The number of carbonyl (C=O) groups excluding carboxylic acids is 1. The van der Waals surface area contributed by atoms with Gasteiger partial charge in [-0.05, 0) is 50.2 Å². The Kier molecular flexibility index (Phi) is 5.78. The summed E-state index contributed by atoms with van der Waals surface area (Å²) in [5.74, 6) is 0.376. The summed E-state index contributed by atoms with van der Waals surface area (Å²) in [5, 5.41) is 18.6. The number of aliphatic hydroxyl groups excluding tert-OH is 1. The van der Waals surface area contributed by atoms with Crippen LogP contribution in [0.3, 0.4) is 0 Å². The highest BCUT2D eigenvalue weighted by Gasteiger charge is 2.38. The quantitative estimate of drug-likeness (QED) is 0.458. The first-order valence-electron chi connectivity index (χ1n) is 11.6. The largest absolute Gasteiger partial charge is 0.496 e. The van der Waals surface area contributed by atoms with Crippen molar-refractivity contribution in [2.75, 3.05) is 23.6 Å². The van der Waals surface area contributed by atoms with Gasteiger partial charge in [0.05, 0.1) is 29.4 Å². The van der Waals surface area contributed by atoms with Crippen molar-refractivity contribution in [1.29, 1.82) is 0 Å². The molecule has 0 saturated heterocycles. The first-order chi connectivity index (χ1) is 17.0. The number of rotatable bonds is 5. The molecule has 1 aliphatic rings. The number of benzene rings is 3. The number of amides is 1. The molecule has 0 aliphatic carbocycles. The predicted octanol–water partition coefficient (Wildman–Crippen LogP) is 4.76. The van der Waals surface area contributed by atoms with Gasteiger partial charge in [-0.1, -0.05) is 42.0 Å². The van der Waals surface area contributed by atoms with E-state index < -0.39 is 6.23 Å². The summed E-state index contributed by atoms with van der Waals surface area (Å²) in [4.78, 5) is 15.8. The number of aryl methyl sites for hydroxylation is 2. The summed E-state index contributed by atoms with van der Waals surface area (Å²) >= 11 is 0. The number of hydrazone groups is 1. The highest BCUT2D eigenvalue weighted by atomic mass is 16.5. The van der Waals surface area contributed by atoms with Crippen molar-refractivity contribution < 1.29 is 14.6 Å². The second-order valence-corrected chi connectivity index (χ2v) is 8.56. The molecule has 1 amide bonds. The van der Waals surface area contributed by atoms with Crippen molar-refractivity contribution in [3.8, 4) is 5.75 Å². The van der Waals surface area contributed by atoms with Crippen molar-refractivity contribution in [2.24, 2.45) is 12.1 Å². The van der Waals surface area contributed by atoms with Crippen LogP contribution in [-0.2, 0) is 11.8 Å². The van der Waals surface area contributed by atoms with Crippen LogP contribution in [0.15, 0.2) is 77.9 Å². The number of nitrogens with zero attached hydrogens (tertiary/aromatic N) is 4. The molecule has 1 aliphatic heterocycles. The maximum atomic E-state index is 14.1. The van der Waals surface area contributed by atoms with E-state index in [1.54, 1.807) is 12.0 Å². The van der Waals surface area contributed by atoms with Gasteiger partial charge < -0.3 is 19.3 Å². The Morgan fingerprint density at radius 1 is 1.06 bits per heavy atom. The molecule has 1 unspecified atom stereocenters. The van der Waals surface area contributed by atoms with Crippen molar-refractivity contribution in [3.63, 3.8) is 0 Å². The number of methoxy groups -OCH3 is 1. The highest BCUT2D eigenvalue weighted by molar-refractivity contribution is 6.52. The molecular weight excluding hydrogens is 440 g/mol. The van der Waals surface area contributed by atoms with Crippen LogP contribution in [0.1, 0.15) is 30.0 Å². The molecule has 178 valence electrons. The smallest absolute Gasteiger partial charge is 0.279 e. The highest BCUT2D eigenvalue weighted by Crippen LogP contribution is 2.41. The number of anilines is 2. The number of fused-ring (bicyclic) bond motifs is 3. The van der Waals surface area contributed by atoms with E-state index >= 15 is 0 Å². The van der Waals surface area contributed by atoms with Crippen molar-refractivity contribution in [2.45, 2.75) is 20.1 Å². The fourth-order valence-corrected chi connectivity index (χ4v) is 4.74. The van der Waals surface area contributed by atoms with Crippen LogP contribution in [0.5, 0.6) is 5.75 Å². The zero-order chi connectivity index (χ0) is 24.7. The van der Waals surface area contributed by atoms with E-state index in [0.29, 0.717) is 29.2 Å². The third-order valence-electron chi connectivity index (χ3n) is 6.50. The minimum atomic E-state index is -1.09. The SMILES string of the molecule is CCN(C(=O)C1=NN(c2ccc(C)cc2)C(O)c2c1c1c(OC)cccc1n2C)c1ccccc1. The first kappa shape index (κ1) is 22.7. The molecule has 1 N–H and O–H groups in total. The van der Waals surface area contributed by atoms with E-state index in [-0.39, 0.29) is 11.6 Å². The summed E-state index contributed by atoms with van der Waals surface area (Å²) in [6, 6.07) is 23.0. The zero-order valence-corrected chi connectivity index (χ0v) is 20.3. The van der Waals surface area contributed by atoms with Gasteiger partial charge in [-0.2, -0.15) is 5.10 Å². The molecule has 0 radical (unpaired) electrons. The van der Waals surface area contributed by atoms with Crippen LogP contribution in [0.25, 0.3) is 10.9 Å². The van der Waals surface area contributed by atoms with Gasteiger partial charge in [-0.25, -0.2) is 5.01 Å². The molecule has 7 heteroatoms. The second-order valence-electron chi connectivity index (χ2n) is 8.56. The number of para-hydroxylation sites is 1. The first-order valence-corrected chi connectivity index (χ1v) is 11.6. The summed E-state index contributed by atoms with van der Waals surface area (Å²) in [6.07, 6.45) is -1.09. The van der Waals surface area contributed by atoms with Gasteiger partial charge in [-0.3, -0.25) is 4.79 Å². The summed E-state index contributed by atoms with van der Waals surface area (Å²) < 4.78 is 7.59. The van der Waals surface area contributed by atoms with Gasteiger partial charge >= 0.3 is 0 Å². The number of hydrogen-bond acceptors (Lipinski definition) is 5. The molecule has 0 bridgehead atoms. The van der Waals surface area contributed by atoms with E-state index in [9.17, 15) is 9.90 Å². The number of likely N-dealkylation sites (N-methyl/N-ethyl adjacent to an activating group) is 1. The molecule has 0 saturated carbocycles. The van der Waals surface area contributed by atoms with Gasteiger partial charge in [0.15, 0.2) is 11.9 Å². The van der Waals surface area contributed by atoms with Crippen LogP contribution in [0.4, 0.5) is 11.4 Å². The molecule has 0 fully saturated rings. The van der Waals surface area contributed by atoms with E-state index in [1.165, 1.54) is 5.01 Å². The minimum Gasteiger partial charge on any atom is -0.496 e. The minimum absolute atomic E-state index is 0.248.